The molecule has 2 nitrogen and oxygen atoms in total. The summed E-state index contributed by atoms with van der Waals surface area (Å²) in [4.78, 5) is 4.65. The van der Waals surface area contributed by atoms with Crippen LogP contribution in [0, 0.1) is 0 Å². The molecule has 0 aromatic heterocycles. The van der Waals surface area contributed by atoms with Crippen LogP contribution in [0.1, 0.15) is 29.2 Å². The van der Waals surface area contributed by atoms with Gasteiger partial charge in [0.25, 0.3) is 0 Å². The number of hydrogen-bond donors (Lipinski definition) is 1. The predicted octanol–water partition coefficient (Wildman–Crippen LogP) is 6.23. The zero-order valence-corrected chi connectivity index (χ0v) is 15.7. The van der Waals surface area contributed by atoms with Gasteiger partial charge in [-0.05, 0) is 65.5 Å². The molecular weight excluding hydrogens is 371 g/mol. The van der Waals surface area contributed by atoms with Crippen molar-refractivity contribution in [1.82, 2.24) is 0 Å². The third kappa shape index (κ3) is 3.50. The van der Waals surface area contributed by atoms with Crippen molar-refractivity contribution in [1.29, 1.82) is 0 Å². The summed E-state index contributed by atoms with van der Waals surface area (Å²) in [5, 5.41) is 2.31. The van der Waals surface area contributed by atoms with Gasteiger partial charge in [-0.25, -0.2) is 4.99 Å². The van der Waals surface area contributed by atoms with Crippen molar-refractivity contribution in [2.24, 2.45) is 10.7 Å². The van der Waals surface area contributed by atoms with E-state index >= 15 is 0 Å². The summed E-state index contributed by atoms with van der Waals surface area (Å²) in [5.74, 6) is 0. The smallest absolute Gasteiger partial charge is 0.160 e. The van der Waals surface area contributed by atoms with Gasteiger partial charge < -0.3 is 5.73 Å². The Morgan fingerprint density at radius 1 is 0.960 bits per heavy atom. The molecule has 2 N–H and O–H groups in total. The molecule has 2 aromatic carbocycles. The standard InChI is InChI=1S/C20H16Cl2N2S/c21-15-6-1-12(2-7-15)11-14-5-10-17-18(14)24-20(23)25-19(17)13-3-8-16(22)9-4-13/h1-4,6-9,11,19H,5,10H2,(H2,23,24)/b14-11+. The van der Waals surface area contributed by atoms with Gasteiger partial charge in [-0.15, -0.1) is 0 Å². The first kappa shape index (κ1) is 16.8. The zero-order valence-electron chi connectivity index (χ0n) is 13.4. The van der Waals surface area contributed by atoms with E-state index in [1.807, 2.05) is 36.4 Å². The average Bonchev–Trinajstić information content (AvgIpc) is 3.00. The second kappa shape index (κ2) is 6.91. The SMILES string of the molecule is NC1=NC2=C(CC/C2=C\c2ccc(Cl)cc2)C(c2ccc(Cl)cc2)S1. The van der Waals surface area contributed by atoms with E-state index in [-0.39, 0.29) is 5.25 Å². The van der Waals surface area contributed by atoms with E-state index in [0.29, 0.717) is 5.17 Å². The van der Waals surface area contributed by atoms with E-state index in [0.717, 1.165) is 34.1 Å². The highest BCUT2D eigenvalue weighted by molar-refractivity contribution is 8.14. The van der Waals surface area contributed by atoms with Crippen molar-refractivity contribution < 1.29 is 0 Å². The zero-order chi connectivity index (χ0) is 17.4. The van der Waals surface area contributed by atoms with Crippen LogP contribution in [0.3, 0.4) is 0 Å². The van der Waals surface area contributed by atoms with Crippen LogP contribution in [0.5, 0.6) is 0 Å². The van der Waals surface area contributed by atoms with Crippen molar-refractivity contribution in [2.75, 3.05) is 0 Å². The van der Waals surface area contributed by atoms with Gasteiger partial charge in [-0.3, -0.25) is 0 Å². The van der Waals surface area contributed by atoms with Crippen LogP contribution >= 0.6 is 35.0 Å². The van der Waals surface area contributed by atoms with Crippen molar-refractivity contribution >= 4 is 46.2 Å². The predicted molar refractivity (Wildman–Crippen MR) is 109 cm³/mol. The third-order valence-electron chi connectivity index (χ3n) is 4.43. The fourth-order valence-electron chi connectivity index (χ4n) is 3.25. The van der Waals surface area contributed by atoms with Crippen molar-refractivity contribution in [3.63, 3.8) is 0 Å². The largest absolute Gasteiger partial charge is 0.378 e. The molecule has 1 heterocycles. The number of benzene rings is 2. The Balaban J connectivity index is 1.72. The molecule has 0 amide bonds. The molecule has 2 aromatic rings. The summed E-state index contributed by atoms with van der Waals surface area (Å²) in [6, 6.07) is 15.9. The number of hydrogen-bond acceptors (Lipinski definition) is 3. The summed E-state index contributed by atoms with van der Waals surface area (Å²) < 4.78 is 0. The molecule has 0 saturated heterocycles. The van der Waals surface area contributed by atoms with Crippen LogP contribution in [-0.4, -0.2) is 5.17 Å². The number of rotatable bonds is 2. The van der Waals surface area contributed by atoms with Crippen LogP contribution in [0.25, 0.3) is 6.08 Å². The molecule has 126 valence electrons. The van der Waals surface area contributed by atoms with E-state index in [4.69, 9.17) is 28.9 Å². The first-order valence-corrected chi connectivity index (χ1v) is 9.69. The molecule has 1 aliphatic heterocycles. The Kier molecular flexibility index (Phi) is 4.63. The van der Waals surface area contributed by atoms with E-state index in [1.165, 1.54) is 16.7 Å². The Labute approximate surface area is 161 Å². The number of halogens is 2. The van der Waals surface area contributed by atoms with E-state index in [1.54, 1.807) is 11.8 Å². The average molecular weight is 387 g/mol. The number of nitrogens with two attached hydrogens (primary N) is 1. The molecule has 0 radical (unpaired) electrons. The third-order valence-corrected chi connectivity index (χ3v) is 6.06. The number of allylic oxidation sites excluding steroid dienone is 1. The second-order valence-electron chi connectivity index (χ2n) is 6.09. The lowest BCUT2D eigenvalue weighted by Crippen LogP contribution is -2.15. The number of aliphatic imine (C=N–C) groups is 1. The minimum absolute atomic E-state index is 0.209. The molecule has 1 unspecified atom stereocenters. The maximum absolute atomic E-state index is 6.13. The fraction of sp³-hybridized carbons (Fsp3) is 0.150. The maximum Gasteiger partial charge on any atom is 0.160 e. The Bertz CT molecular complexity index is 896. The van der Waals surface area contributed by atoms with Crippen LogP contribution in [0.4, 0.5) is 0 Å². The minimum Gasteiger partial charge on any atom is -0.378 e. The van der Waals surface area contributed by atoms with Crippen LogP contribution in [0.15, 0.2) is 70.4 Å². The molecule has 5 heteroatoms. The number of thioether (sulfide) groups is 1. The lowest BCUT2D eigenvalue weighted by atomic mass is 10.0. The van der Waals surface area contributed by atoms with Gasteiger partial charge in [0.05, 0.1) is 10.9 Å². The molecule has 2 aliphatic rings. The lowest BCUT2D eigenvalue weighted by molar-refractivity contribution is 0.949. The van der Waals surface area contributed by atoms with Gasteiger partial charge in [0.1, 0.15) is 0 Å². The quantitative estimate of drug-likeness (QED) is 0.664. The molecular formula is C20H16Cl2N2S. The molecule has 0 saturated carbocycles. The monoisotopic (exact) mass is 386 g/mol. The summed E-state index contributed by atoms with van der Waals surface area (Å²) in [6.45, 7) is 0. The van der Waals surface area contributed by atoms with Gasteiger partial charge in [0, 0.05) is 10.0 Å². The van der Waals surface area contributed by atoms with Gasteiger partial charge in [0.2, 0.25) is 0 Å². The number of amidine groups is 1. The van der Waals surface area contributed by atoms with Crippen molar-refractivity contribution in [3.8, 4) is 0 Å². The van der Waals surface area contributed by atoms with Gasteiger partial charge >= 0.3 is 0 Å². The van der Waals surface area contributed by atoms with E-state index in [9.17, 15) is 0 Å². The van der Waals surface area contributed by atoms with Crippen LogP contribution < -0.4 is 5.73 Å². The highest BCUT2D eigenvalue weighted by atomic mass is 35.5. The summed E-state index contributed by atoms with van der Waals surface area (Å²) in [5.41, 5.74) is 12.1. The second-order valence-corrected chi connectivity index (χ2v) is 8.09. The van der Waals surface area contributed by atoms with E-state index < -0.39 is 0 Å². The molecule has 1 atom stereocenters. The first-order chi connectivity index (χ1) is 12.1. The molecule has 1 aliphatic carbocycles. The van der Waals surface area contributed by atoms with Gasteiger partial charge in [0.15, 0.2) is 5.17 Å². The van der Waals surface area contributed by atoms with Crippen LogP contribution in [-0.2, 0) is 0 Å². The van der Waals surface area contributed by atoms with Crippen molar-refractivity contribution in [2.45, 2.75) is 18.1 Å². The normalized spacial score (nSPS) is 21.4. The molecule has 0 fully saturated rings. The lowest BCUT2D eigenvalue weighted by Gasteiger charge is -2.23. The Hall–Kier alpha value is -1.68. The Morgan fingerprint density at radius 3 is 2.28 bits per heavy atom. The molecule has 25 heavy (non-hydrogen) atoms. The topological polar surface area (TPSA) is 38.4 Å². The molecule has 4 rings (SSSR count). The fourth-order valence-corrected chi connectivity index (χ4v) is 4.55. The summed E-state index contributed by atoms with van der Waals surface area (Å²) in [7, 11) is 0. The number of nitrogens with zero attached hydrogens (tertiary/aromatic N) is 1. The van der Waals surface area contributed by atoms with Gasteiger partial charge in [-0.2, -0.15) is 0 Å². The minimum atomic E-state index is 0.209. The van der Waals surface area contributed by atoms with E-state index in [2.05, 4.69) is 23.2 Å². The Morgan fingerprint density at radius 2 is 1.60 bits per heavy atom. The summed E-state index contributed by atoms with van der Waals surface area (Å²) >= 11 is 13.6. The summed E-state index contributed by atoms with van der Waals surface area (Å²) in [6.07, 6.45) is 4.17. The molecule has 0 bridgehead atoms. The van der Waals surface area contributed by atoms with Crippen molar-refractivity contribution in [3.05, 3.63) is 86.5 Å². The highest BCUT2D eigenvalue weighted by Gasteiger charge is 2.31. The maximum atomic E-state index is 6.13. The van der Waals surface area contributed by atoms with Gasteiger partial charge in [-0.1, -0.05) is 59.2 Å². The molecule has 0 spiro atoms. The van der Waals surface area contributed by atoms with Crippen LogP contribution in [0.2, 0.25) is 10.0 Å². The highest BCUT2D eigenvalue weighted by Crippen LogP contribution is 2.49. The first-order valence-electron chi connectivity index (χ1n) is 8.06.